The zero-order chi connectivity index (χ0) is 25.3. The van der Waals surface area contributed by atoms with Gasteiger partial charge in [0.2, 0.25) is 0 Å². The molecule has 2 fully saturated rings. The summed E-state index contributed by atoms with van der Waals surface area (Å²) < 4.78 is 62.3. The van der Waals surface area contributed by atoms with E-state index in [9.17, 15) is 16.8 Å². The van der Waals surface area contributed by atoms with Gasteiger partial charge in [-0.15, -0.1) is 0 Å². The van der Waals surface area contributed by atoms with E-state index in [0.717, 1.165) is 36.8 Å². The second-order valence-corrected chi connectivity index (χ2v) is 14.1. The first-order valence-corrected chi connectivity index (χ1v) is 15.2. The van der Waals surface area contributed by atoms with Gasteiger partial charge in [0.1, 0.15) is 0 Å². The van der Waals surface area contributed by atoms with Crippen molar-refractivity contribution in [2.24, 2.45) is 16.7 Å². The van der Waals surface area contributed by atoms with Gasteiger partial charge < -0.3 is 0 Å². The highest BCUT2D eigenvalue weighted by Gasteiger charge is 2.60. The molecule has 0 heterocycles. The van der Waals surface area contributed by atoms with Crippen molar-refractivity contribution in [2.45, 2.75) is 75.5 Å². The van der Waals surface area contributed by atoms with Gasteiger partial charge in [-0.3, -0.25) is 8.37 Å². The molecule has 0 N–H and O–H groups in total. The summed E-state index contributed by atoms with van der Waals surface area (Å²) in [5.41, 5.74) is 1.43. The number of unbranched alkanes of at least 4 members (excludes halogenated alkanes) is 1. The summed E-state index contributed by atoms with van der Waals surface area (Å²) in [5.74, 6) is 0.711. The minimum Gasteiger partial charge on any atom is -0.266 e. The fraction of sp³-hybridized carbons (Fsp3) is 0.556. The van der Waals surface area contributed by atoms with Crippen LogP contribution >= 0.6 is 0 Å². The maximum atomic E-state index is 12.8. The largest absolute Gasteiger partial charge is 0.296 e. The molecular weight excluding hydrogens is 484 g/mol. The van der Waals surface area contributed by atoms with Gasteiger partial charge in [0.25, 0.3) is 20.2 Å². The summed E-state index contributed by atoms with van der Waals surface area (Å²) in [7, 11) is -7.90. The fourth-order valence-electron chi connectivity index (χ4n) is 5.89. The maximum Gasteiger partial charge on any atom is 0.296 e. The molecule has 0 unspecified atom stereocenters. The van der Waals surface area contributed by atoms with Crippen LogP contribution in [0.3, 0.4) is 0 Å². The zero-order valence-electron chi connectivity index (χ0n) is 20.8. The predicted molar refractivity (Wildman–Crippen MR) is 135 cm³/mol. The van der Waals surface area contributed by atoms with Crippen LogP contribution in [0.4, 0.5) is 0 Å². The molecule has 4 rings (SSSR count). The van der Waals surface area contributed by atoms with Crippen molar-refractivity contribution in [3.63, 3.8) is 0 Å². The first-order valence-electron chi connectivity index (χ1n) is 12.4. The summed E-state index contributed by atoms with van der Waals surface area (Å²) in [6, 6.07) is 13.0. The van der Waals surface area contributed by atoms with Crippen LogP contribution in [-0.2, 0) is 28.6 Å². The van der Waals surface area contributed by atoms with Crippen LogP contribution in [0, 0.1) is 30.6 Å². The van der Waals surface area contributed by atoms with Gasteiger partial charge in [0.15, 0.2) is 0 Å². The van der Waals surface area contributed by atoms with Crippen LogP contribution < -0.4 is 0 Å². The minimum atomic E-state index is -3.95. The second kappa shape index (κ2) is 9.96. The molecule has 2 aliphatic rings. The monoisotopic (exact) mass is 520 g/mol. The van der Waals surface area contributed by atoms with Crippen molar-refractivity contribution in [2.75, 3.05) is 13.2 Å². The molecule has 0 aliphatic heterocycles. The number of benzene rings is 2. The lowest BCUT2D eigenvalue weighted by Crippen LogP contribution is -2.57. The van der Waals surface area contributed by atoms with Gasteiger partial charge in [-0.25, -0.2) is 0 Å². The van der Waals surface area contributed by atoms with Crippen LogP contribution in [0.5, 0.6) is 0 Å². The molecule has 192 valence electrons. The maximum absolute atomic E-state index is 12.8. The summed E-state index contributed by atoms with van der Waals surface area (Å²) in [5, 5.41) is 0. The average Bonchev–Trinajstić information content (AvgIpc) is 2.76. The Morgan fingerprint density at radius 2 is 1.20 bits per heavy atom. The van der Waals surface area contributed by atoms with Gasteiger partial charge in [-0.05, 0) is 75.1 Å². The van der Waals surface area contributed by atoms with Crippen LogP contribution in [0.25, 0.3) is 0 Å². The Morgan fingerprint density at radius 3 is 1.60 bits per heavy atom. The first kappa shape index (κ1) is 26.3. The summed E-state index contributed by atoms with van der Waals surface area (Å²) in [4.78, 5) is 0.201. The lowest BCUT2D eigenvalue weighted by atomic mass is 9.42. The van der Waals surface area contributed by atoms with E-state index in [4.69, 9.17) is 8.37 Å². The standard InChI is InChI=1S/C27H36O6S2/c1-4-5-6-23-15-26(16-23)17-27(18-26,19-32-34(28,29)24-11-7-21(2)8-12-24)20-33-35(30,31)25-13-9-22(3)10-14-25/h7-14,23H,4-6,15-20H2,1-3H3. The van der Waals surface area contributed by atoms with Crippen molar-refractivity contribution in [1.82, 2.24) is 0 Å². The third-order valence-corrected chi connectivity index (χ3v) is 10.1. The number of aryl methyl sites for hydroxylation is 2. The molecule has 35 heavy (non-hydrogen) atoms. The highest BCUT2D eigenvalue weighted by Crippen LogP contribution is 2.67. The van der Waals surface area contributed by atoms with Gasteiger partial charge >= 0.3 is 0 Å². The third-order valence-electron chi connectivity index (χ3n) is 7.57. The topological polar surface area (TPSA) is 86.7 Å². The van der Waals surface area contributed by atoms with Gasteiger partial charge in [-0.2, -0.15) is 16.8 Å². The molecule has 1 spiro atoms. The Balaban J connectivity index is 1.45. The highest BCUT2D eigenvalue weighted by molar-refractivity contribution is 7.87. The molecule has 0 atom stereocenters. The lowest BCUT2D eigenvalue weighted by molar-refractivity contribution is -0.156. The molecular formula is C27H36O6S2. The van der Waals surface area contributed by atoms with E-state index < -0.39 is 25.7 Å². The molecule has 0 amide bonds. The Kier molecular flexibility index (Phi) is 7.49. The van der Waals surface area contributed by atoms with E-state index in [1.165, 1.54) is 43.5 Å². The van der Waals surface area contributed by atoms with Gasteiger partial charge in [0.05, 0.1) is 23.0 Å². The average molecular weight is 521 g/mol. The Bertz CT molecular complexity index is 1140. The third kappa shape index (κ3) is 5.98. The van der Waals surface area contributed by atoms with E-state index in [2.05, 4.69) is 6.92 Å². The lowest BCUT2D eigenvalue weighted by Gasteiger charge is -2.63. The smallest absolute Gasteiger partial charge is 0.266 e. The molecule has 2 saturated carbocycles. The van der Waals surface area contributed by atoms with E-state index in [1.54, 1.807) is 24.3 Å². The quantitative estimate of drug-likeness (QED) is 0.349. The van der Waals surface area contributed by atoms with Crippen LogP contribution in [-0.4, -0.2) is 30.0 Å². The van der Waals surface area contributed by atoms with Crippen molar-refractivity contribution in [3.8, 4) is 0 Å². The Hall–Kier alpha value is -1.74. The predicted octanol–water partition coefficient (Wildman–Crippen LogP) is 5.78. The molecule has 0 aromatic heterocycles. The number of hydrogen-bond acceptors (Lipinski definition) is 6. The number of hydrogen-bond donors (Lipinski definition) is 0. The molecule has 0 saturated heterocycles. The minimum absolute atomic E-state index is 0.0893. The molecule has 2 aromatic rings. The fourth-order valence-corrected chi connectivity index (χ4v) is 7.91. The van der Waals surface area contributed by atoms with Crippen LogP contribution in [0.15, 0.2) is 58.3 Å². The SMILES string of the molecule is CCCCC1CC2(C1)CC(COS(=O)(=O)c1ccc(C)cc1)(COS(=O)(=O)c1ccc(C)cc1)C2. The normalized spacial score (nSPS) is 19.3. The van der Waals surface area contributed by atoms with E-state index >= 15 is 0 Å². The highest BCUT2D eigenvalue weighted by atomic mass is 32.2. The van der Waals surface area contributed by atoms with Crippen molar-refractivity contribution >= 4 is 20.2 Å². The first-order chi connectivity index (χ1) is 16.5. The molecule has 8 heteroatoms. The van der Waals surface area contributed by atoms with E-state index in [-0.39, 0.29) is 28.4 Å². The molecule has 0 radical (unpaired) electrons. The zero-order valence-corrected chi connectivity index (χ0v) is 22.5. The van der Waals surface area contributed by atoms with Crippen molar-refractivity contribution in [1.29, 1.82) is 0 Å². The van der Waals surface area contributed by atoms with E-state index in [1.807, 2.05) is 13.8 Å². The van der Waals surface area contributed by atoms with Crippen molar-refractivity contribution < 1.29 is 25.2 Å². The van der Waals surface area contributed by atoms with Crippen molar-refractivity contribution in [3.05, 3.63) is 59.7 Å². The second-order valence-electron chi connectivity index (χ2n) is 10.8. The molecule has 0 bridgehead atoms. The van der Waals surface area contributed by atoms with Gasteiger partial charge in [0, 0.05) is 5.41 Å². The molecule has 2 aromatic carbocycles. The Morgan fingerprint density at radius 1 is 0.771 bits per heavy atom. The summed E-state index contributed by atoms with van der Waals surface area (Å²) >= 11 is 0. The number of rotatable bonds is 11. The van der Waals surface area contributed by atoms with Crippen LogP contribution in [0.1, 0.15) is 63.0 Å². The van der Waals surface area contributed by atoms with Gasteiger partial charge in [-0.1, -0.05) is 61.6 Å². The van der Waals surface area contributed by atoms with Crippen LogP contribution in [0.2, 0.25) is 0 Å². The summed E-state index contributed by atoms with van der Waals surface area (Å²) in [6.07, 6.45) is 7.30. The molecule has 6 nitrogen and oxygen atoms in total. The van der Waals surface area contributed by atoms with E-state index in [0.29, 0.717) is 5.92 Å². The Labute approximate surface area is 210 Å². The molecule has 2 aliphatic carbocycles. The summed E-state index contributed by atoms with van der Waals surface area (Å²) in [6.45, 7) is 5.79.